The number of amides is 1. The van der Waals surface area contributed by atoms with E-state index >= 15 is 0 Å². The van der Waals surface area contributed by atoms with Crippen molar-refractivity contribution >= 4 is 6.09 Å². The summed E-state index contributed by atoms with van der Waals surface area (Å²) in [5, 5.41) is 13.6. The minimum Gasteiger partial charge on any atom is -0.444 e. The Hall–Kier alpha value is -2.27. The predicted molar refractivity (Wildman–Crippen MR) is 102 cm³/mol. The molecule has 0 radical (unpaired) electrons. The number of carbonyl (C=O) groups excluding carboxylic acids is 1. The van der Waals surface area contributed by atoms with Crippen LogP contribution in [0, 0.1) is 17.2 Å². The van der Waals surface area contributed by atoms with Gasteiger partial charge < -0.3 is 14.2 Å². The Balaban J connectivity index is 2.45. The molecule has 0 aromatic carbocycles. The fraction of sp³-hybridized carbons (Fsp3) is 0.789. The third kappa shape index (κ3) is 4.96. The molecule has 2 saturated heterocycles. The van der Waals surface area contributed by atoms with E-state index in [1.807, 2.05) is 19.1 Å². The van der Waals surface area contributed by atoms with Crippen LogP contribution in [0.4, 0.5) is 4.79 Å². The molecule has 0 N–H and O–H groups in total. The third-order valence-corrected chi connectivity index (χ3v) is 4.73. The molecule has 0 saturated carbocycles. The Morgan fingerprint density at radius 1 is 1.50 bits per heavy atom. The molecule has 1 unspecified atom stereocenters. The Labute approximate surface area is 165 Å². The van der Waals surface area contributed by atoms with Crippen molar-refractivity contribution in [3.05, 3.63) is 22.6 Å². The molecular weight excluding hydrogens is 362 g/mol. The highest BCUT2D eigenvalue weighted by Crippen LogP contribution is 2.39. The van der Waals surface area contributed by atoms with Gasteiger partial charge in [0.25, 0.3) is 0 Å². The molecule has 0 aromatic heterocycles. The van der Waals surface area contributed by atoms with Gasteiger partial charge in [0, 0.05) is 10.8 Å². The first-order chi connectivity index (χ1) is 13.0. The first-order valence-corrected chi connectivity index (χ1v) is 9.42. The van der Waals surface area contributed by atoms with Gasteiger partial charge in [0.1, 0.15) is 11.6 Å². The van der Waals surface area contributed by atoms with Gasteiger partial charge in [0.2, 0.25) is 0 Å². The van der Waals surface area contributed by atoms with E-state index < -0.39 is 41.7 Å². The maximum absolute atomic E-state index is 13.0. The van der Waals surface area contributed by atoms with Crippen LogP contribution in [0.2, 0.25) is 0 Å². The number of nitrogens with zero attached hydrogens (tertiary/aromatic N) is 5. The molecule has 9 nitrogen and oxygen atoms in total. The van der Waals surface area contributed by atoms with Crippen molar-refractivity contribution in [3.8, 4) is 6.07 Å². The van der Waals surface area contributed by atoms with Crippen LogP contribution >= 0.6 is 0 Å². The van der Waals surface area contributed by atoms with Gasteiger partial charge in [-0.25, -0.2) is 4.79 Å². The van der Waals surface area contributed by atoms with Crippen LogP contribution in [-0.2, 0) is 14.2 Å². The van der Waals surface area contributed by atoms with Crippen LogP contribution in [-0.4, -0.2) is 53.2 Å². The quantitative estimate of drug-likeness (QED) is 0.311. The minimum atomic E-state index is -0.812. The summed E-state index contributed by atoms with van der Waals surface area (Å²) in [5.74, 6) is -0.987. The summed E-state index contributed by atoms with van der Waals surface area (Å²) in [6.45, 7) is 11.0. The second kappa shape index (κ2) is 8.39. The first-order valence-electron chi connectivity index (χ1n) is 9.42. The van der Waals surface area contributed by atoms with Crippen LogP contribution in [0.1, 0.15) is 48.0 Å². The largest absolute Gasteiger partial charge is 0.444 e. The van der Waals surface area contributed by atoms with Crippen molar-refractivity contribution in [2.45, 2.75) is 83.6 Å². The van der Waals surface area contributed by atoms with Gasteiger partial charge in [-0.1, -0.05) is 17.3 Å². The fourth-order valence-corrected chi connectivity index (χ4v) is 3.77. The lowest BCUT2D eigenvalue weighted by molar-refractivity contribution is -0.142. The molecule has 2 rings (SSSR count). The zero-order chi connectivity index (χ0) is 21.1. The Morgan fingerprint density at radius 3 is 2.64 bits per heavy atom. The molecule has 0 spiro atoms. The highest BCUT2D eigenvalue weighted by atomic mass is 16.7. The molecule has 154 valence electrons. The predicted octanol–water partition coefficient (Wildman–Crippen LogP) is 3.91. The minimum absolute atomic E-state index is 0.176. The smallest absolute Gasteiger partial charge is 0.411 e. The van der Waals surface area contributed by atoms with E-state index in [4.69, 9.17) is 14.2 Å². The van der Waals surface area contributed by atoms with Gasteiger partial charge >= 0.3 is 6.09 Å². The maximum atomic E-state index is 13.0. The lowest BCUT2D eigenvalue weighted by Crippen LogP contribution is -2.53. The van der Waals surface area contributed by atoms with Crippen molar-refractivity contribution in [2.75, 3.05) is 6.61 Å². The lowest BCUT2D eigenvalue weighted by atomic mass is 9.90. The monoisotopic (exact) mass is 391 g/mol. The summed E-state index contributed by atoms with van der Waals surface area (Å²) in [6, 6.07) is 0.202. The van der Waals surface area contributed by atoms with Gasteiger partial charge in [-0.05, 0) is 53.5 Å². The molecule has 9 heteroatoms. The number of allylic oxidation sites excluding steroid dienone is 1. The van der Waals surface area contributed by atoms with Gasteiger partial charge in [0.05, 0.1) is 30.9 Å². The Kier molecular flexibility index (Phi) is 6.60. The molecule has 28 heavy (non-hydrogen) atoms. The number of nitriles is 1. The fourth-order valence-electron chi connectivity index (χ4n) is 3.77. The first kappa shape index (κ1) is 22.0. The molecule has 2 aliphatic heterocycles. The zero-order valence-electron chi connectivity index (χ0n) is 17.3. The molecule has 0 bridgehead atoms. The lowest BCUT2D eigenvalue weighted by Gasteiger charge is -2.36. The number of ether oxygens (including phenoxy) is 3. The summed E-state index contributed by atoms with van der Waals surface area (Å²) >= 11 is 0. The van der Waals surface area contributed by atoms with Crippen molar-refractivity contribution in [1.29, 1.82) is 5.26 Å². The average molecular weight is 391 g/mol. The number of azide groups is 1. The summed E-state index contributed by atoms with van der Waals surface area (Å²) in [6.07, 6.45) is 3.09. The molecule has 5 atom stereocenters. The van der Waals surface area contributed by atoms with Crippen molar-refractivity contribution in [2.24, 2.45) is 11.0 Å². The summed E-state index contributed by atoms with van der Waals surface area (Å²) in [5.41, 5.74) is 8.46. The molecule has 2 heterocycles. The van der Waals surface area contributed by atoms with E-state index in [1.54, 1.807) is 34.6 Å². The second-order valence-corrected chi connectivity index (χ2v) is 8.51. The van der Waals surface area contributed by atoms with Crippen molar-refractivity contribution in [3.63, 3.8) is 0 Å². The number of likely N-dealkylation sites (tertiary alicyclic amines) is 1. The van der Waals surface area contributed by atoms with Gasteiger partial charge in [-0.3, -0.25) is 4.90 Å². The maximum Gasteiger partial charge on any atom is 0.411 e. The van der Waals surface area contributed by atoms with Crippen LogP contribution in [0.25, 0.3) is 10.4 Å². The van der Waals surface area contributed by atoms with E-state index in [0.29, 0.717) is 6.42 Å². The number of carbonyl (C=O) groups is 1. The molecule has 2 fully saturated rings. The van der Waals surface area contributed by atoms with Crippen molar-refractivity contribution < 1.29 is 19.0 Å². The number of hydrogen-bond donors (Lipinski definition) is 0. The Bertz CT molecular complexity index is 702. The topological polar surface area (TPSA) is 121 Å². The average Bonchev–Trinajstić information content (AvgIpc) is 3.11. The van der Waals surface area contributed by atoms with E-state index in [-0.39, 0.29) is 12.5 Å². The summed E-state index contributed by atoms with van der Waals surface area (Å²) in [7, 11) is 0. The van der Waals surface area contributed by atoms with Crippen LogP contribution in [0.5, 0.6) is 0 Å². The molecule has 2 aliphatic rings. The van der Waals surface area contributed by atoms with E-state index in [0.717, 1.165) is 0 Å². The van der Waals surface area contributed by atoms with Crippen molar-refractivity contribution in [1.82, 2.24) is 4.90 Å². The van der Waals surface area contributed by atoms with E-state index in [2.05, 4.69) is 16.1 Å². The summed E-state index contributed by atoms with van der Waals surface area (Å²) in [4.78, 5) is 17.4. The van der Waals surface area contributed by atoms with E-state index in [1.165, 1.54) is 4.90 Å². The van der Waals surface area contributed by atoms with Crippen LogP contribution in [0.3, 0.4) is 0 Å². The third-order valence-electron chi connectivity index (χ3n) is 4.73. The standard InChI is InChI=1S/C19H29N5O4/c1-7-8-12-9-13(10-20)24(17(25)28-18(2,3)4)16(12)15(22-23-21)14-11-26-19(5,6)27-14/h7-8,12-16H,9,11H2,1-6H3/b8-7-/t12-,13-,14?,15+,16-/m1/s1. The van der Waals surface area contributed by atoms with Crippen LogP contribution in [0.15, 0.2) is 17.3 Å². The highest BCUT2D eigenvalue weighted by Gasteiger charge is 2.52. The zero-order valence-corrected chi connectivity index (χ0v) is 17.3. The Morgan fingerprint density at radius 2 is 2.18 bits per heavy atom. The second-order valence-electron chi connectivity index (χ2n) is 8.51. The molecule has 0 aromatic rings. The molecule has 0 aliphatic carbocycles. The molecule has 1 amide bonds. The normalized spacial score (nSPS) is 30.7. The van der Waals surface area contributed by atoms with E-state index in [9.17, 15) is 15.6 Å². The van der Waals surface area contributed by atoms with Gasteiger partial charge in [-0.2, -0.15) is 5.26 Å². The van der Waals surface area contributed by atoms with Gasteiger partial charge in [0.15, 0.2) is 5.79 Å². The number of rotatable bonds is 4. The van der Waals surface area contributed by atoms with Crippen LogP contribution < -0.4 is 0 Å². The highest BCUT2D eigenvalue weighted by molar-refractivity contribution is 5.70. The summed E-state index contributed by atoms with van der Waals surface area (Å²) < 4.78 is 17.1. The number of hydrogen-bond acceptors (Lipinski definition) is 6. The molecular formula is C19H29N5O4. The van der Waals surface area contributed by atoms with Gasteiger partial charge in [-0.15, -0.1) is 0 Å². The SMILES string of the molecule is C/C=C\[C@@H]1C[C@H](C#N)N(C(=O)OC(C)(C)C)[C@H]1[C@@H](N=[N+]=[N-])C1COC(C)(C)O1.